The summed E-state index contributed by atoms with van der Waals surface area (Å²) >= 11 is 0. The highest BCUT2D eigenvalue weighted by atomic mass is 19.1. The average Bonchev–Trinajstić information content (AvgIpc) is 2.87. The first kappa shape index (κ1) is 12.6. The average molecular weight is 272 g/mol. The van der Waals surface area contributed by atoms with Crippen LogP contribution in [0.15, 0.2) is 40.9 Å². The summed E-state index contributed by atoms with van der Waals surface area (Å²) in [6.45, 7) is 2.28. The molecule has 2 heterocycles. The van der Waals surface area contributed by atoms with Gasteiger partial charge in [-0.2, -0.15) is 0 Å². The zero-order valence-corrected chi connectivity index (χ0v) is 11.0. The van der Waals surface area contributed by atoms with E-state index in [1.807, 2.05) is 24.3 Å². The first-order chi connectivity index (χ1) is 9.74. The van der Waals surface area contributed by atoms with Crippen molar-refractivity contribution in [3.63, 3.8) is 0 Å². The van der Waals surface area contributed by atoms with E-state index in [1.165, 1.54) is 11.6 Å². The molecule has 102 valence electrons. The minimum Gasteiger partial charge on any atom is -0.484 e. The number of aromatic nitrogens is 2. The molecule has 0 bridgehead atoms. The lowest BCUT2D eigenvalue weighted by atomic mass is 10.2. The summed E-state index contributed by atoms with van der Waals surface area (Å²) in [6, 6.07) is 9.11. The van der Waals surface area contributed by atoms with Gasteiger partial charge in [0.2, 0.25) is 11.6 Å². The fourth-order valence-corrected chi connectivity index (χ4v) is 1.87. The Hall–Kier alpha value is -2.43. The molecule has 4 nitrogen and oxygen atoms in total. The van der Waals surface area contributed by atoms with Crippen molar-refractivity contribution in [2.75, 3.05) is 0 Å². The maximum Gasteiger partial charge on any atom is 0.247 e. The van der Waals surface area contributed by atoms with Crippen LogP contribution in [0, 0.1) is 5.82 Å². The lowest BCUT2D eigenvalue weighted by Gasteiger charge is -2.03. The van der Waals surface area contributed by atoms with Crippen molar-refractivity contribution in [3.8, 4) is 5.75 Å². The number of hydrogen-bond donors (Lipinski definition) is 0. The second kappa shape index (κ2) is 5.28. The number of benzene rings is 1. The van der Waals surface area contributed by atoms with E-state index in [9.17, 15) is 4.39 Å². The van der Waals surface area contributed by atoms with Crippen LogP contribution in [0.25, 0.3) is 11.2 Å². The van der Waals surface area contributed by atoms with E-state index in [0.717, 1.165) is 18.4 Å². The van der Waals surface area contributed by atoms with Crippen LogP contribution in [-0.4, -0.2) is 9.97 Å². The molecule has 0 unspecified atom stereocenters. The molecule has 20 heavy (non-hydrogen) atoms. The van der Waals surface area contributed by atoms with Gasteiger partial charge in [0, 0.05) is 6.07 Å². The Labute approximate surface area is 115 Å². The molecule has 2 aromatic heterocycles. The highest BCUT2D eigenvalue weighted by Crippen LogP contribution is 2.17. The Morgan fingerprint density at radius 3 is 2.80 bits per heavy atom. The first-order valence-electron chi connectivity index (χ1n) is 6.37. The maximum absolute atomic E-state index is 13.0. The van der Waals surface area contributed by atoms with Gasteiger partial charge in [-0.1, -0.05) is 19.1 Å². The molecule has 5 heteroatoms. The molecule has 0 atom stereocenters. The van der Waals surface area contributed by atoms with Crippen LogP contribution in [0.5, 0.6) is 5.75 Å². The number of oxazole rings is 1. The molecular weight excluding hydrogens is 259 g/mol. The van der Waals surface area contributed by atoms with Crippen molar-refractivity contribution in [1.29, 1.82) is 0 Å². The zero-order valence-electron chi connectivity index (χ0n) is 11.0. The second-order valence-corrected chi connectivity index (χ2v) is 4.37. The van der Waals surface area contributed by atoms with Crippen molar-refractivity contribution in [2.24, 2.45) is 0 Å². The van der Waals surface area contributed by atoms with E-state index < -0.39 is 5.82 Å². The van der Waals surface area contributed by atoms with Crippen LogP contribution in [0.2, 0.25) is 0 Å². The van der Waals surface area contributed by atoms with E-state index in [4.69, 9.17) is 9.15 Å². The Kier molecular flexibility index (Phi) is 3.33. The summed E-state index contributed by atoms with van der Waals surface area (Å²) in [4.78, 5) is 7.95. The SMILES string of the molecule is CCc1ccc(OCc2nc3cc(F)cnc3o2)cc1. The molecule has 0 aliphatic carbocycles. The van der Waals surface area contributed by atoms with Crippen LogP contribution >= 0.6 is 0 Å². The third kappa shape index (κ3) is 2.61. The quantitative estimate of drug-likeness (QED) is 0.729. The minimum atomic E-state index is -0.437. The highest BCUT2D eigenvalue weighted by molar-refractivity contribution is 5.67. The van der Waals surface area contributed by atoms with E-state index in [1.54, 1.807) is 0 Å². The molecule has 0 aliphatic heterocycles. The van der Waals surface area contributed by atoms with E-state index >= 15 is 0 Å². The number of aryl methyl sites for hydroxylation is 1. The normalized spacial score (nSPS) is 10.9. The van der Waals surface area contributed by atoms with E-state index in [-0.39, 0.29) is 6.61 Å². The minimum absolute atomic E-state index is 0.184. The monoisotopic (exact) mass is 272 g/mol. The summed E-state index contributed by atoms with van der Waals surface area (Å²) in [6.07, 6.45) is 2.09. The Morgan fingerprint density at radius 2 is 2.05 bits per heavy atom. The van der Waals surface area contributed by atoms with Crippen LogP contribution in [-0.2, 0) is 13.0 Å². The van der Waals surface area contributed by atoms with Crippen molar-refractivity contribution < 1.29 is 13.5 Å². The number of hydrogen-bond acceptors (Lipinski definition) is 4. The second-order valence-electron chi connectivity index (χ2n) is 4.37. The lowest BCUT2D eigenvalue weighted by molar-refractivity contribution is 0.266. The molecule has 0 aliphatic rings. The van der Waals surface area contributed by atoms with Gasteiger partial charge in [-0.05, 0) is 24.1 Å². The molecule has 1 aromatic carbocycles. The van der Waals surface area contributed by atoms with Gasteiger partial charge in [-0.25, -0.2) is 14.4 Å². The number of fused-ring (bicyclic) bond motifs is 1. The predicted molar refractivity (Wildman–Crippen MR) is 71.9 cm³/mol. The smallest absolute Gasteiger partial charge is 0.247 e. The standard InChI is InChI=1S/C15H13FN2O2/c1-2-10-3-5-12(6-4-10)19-9-14-18-13-7-11(16)8-17-15(13)20-14/h3-8H,2,9H2,1H3. The lowest BCUT2D eigenvalue weighted by Crippen LogP contribution is -1.95. The topological polar surface area (TPSA) is 48.2 Å². The molecule has 0 N–H and O–H groups in total. The first-order valence-corrected chi connectivity index (χ1v) is 6.37. The van der Waals surface area contributed by atoms with Crippen LogP contribution in [0.1, 0.15) is 18.4 Å². The number of halogens is 1. The molecule has 0 saturated heterocycles. The van der Waals surface area contributed by atoms with Crippen LogP contribution < -0.4 is 4.74 Å². The summed E-state index contributed by atoms with van der Waals surface area (Å²) in [7, 11) is 0. The number of rotatable bonds is 4. The van der Waals surface area contributed by atoms with Gasteiger partial charge in [0.05, 0.1) is 6.20 Å². The molecule has 0 spiro atoms. The largest absolute Gasteiger partial charge is 0.484 e. The van der Waals surface area contributed by atoms with Gasteiger partial charge in [0.15, 0.2) is 6.61 Å². The van der Waals surface area contributed by atoms with Gasteiger partial charge in [0.1, 0.15) is 17.1 Å². The summed E-state index contributed by atoms with van der Waals surface area (Å²) in [5.74, 6) is 0.676. The van der Waals surface area contributed by atoms with Crippen molar-refractivity contribution >= 4 is 11.2 Å². The molecule has 0 fully saturated rings. The van der Waals surface area contributed by atoms with Gasteiger partial charge >= 0.3 is 0 Å². The molecule has 3 rings (SSSR count). The fraction of sp³-hybridized carbons (Fsp3) is 0.200. The van der Waals surface area contributed by atoms with Crippen molar-refractivity contribution in [1.82, 2.24) is 9.97 Å². The van der Waals surface area contributed by atoms with Gasteiger partial charge in [-0.15, -0.1) is 0 Å². The van der Waals surface area contributed by atoms with E-state index in [0.29, 0.717) is 17.1 Å². The fourth-order valence-electron chi connectivity index (χ4n) is 1.87. The van der Waals surface area contributed by atoms with Crippen LogP contribution in [0.3, 0.4) is 0 Å². The maximum atomic E-state index is 13.0. The highest BCUT2D eigenvalue weighted by Gasteiger charge is 2.08. The molecule has 0 radical (unpaired) electrons. The van der Waals surface area contributed by atoms with Gasteiger partial charge in [-0.3, -0.25) is 0 Å². The summed E-state index contributed by atoms with van der Waals surface area (Å²) < 4.78 is 23.9. The Balaban J connectivity index is 1.72. The Morgan fingerprint density at radius 1 is 1.25 bits per heavy atom. The zero-order chi connectivity index (χ0) is 13.9. The number of nitrogens with zero attached hydrogens (tertiary/aromatic N) is 2. The van der Waals surface area contributed by atoms with Gasteiger partial charge < -0.3 is 9.15 Å². The third-order valence-electron chi connectivity index (χ3n) is 2.95. The number of pyridine rings is 1. The predicted octanol–water partition coefficient (Wildman–Crippen LogP) is 3.50. The summed E-state index contributed by atoms with van der Waals surface area (Å²) in [5, 5.41) is 0. The molecule has 0 saturated carbocycles. The molecular formula is C15H13FN2O2. The summed E-state index contributed by atoms with van der Waals surface area (Å²) in [5.41, 5.74) is 1.95. The third-order valence-corrected chi connectivity index (χ3v) is 2.95. The van der Waals surface area contributed by atoms with Gasteiger partial charge in [0.25, 0.3) is 0 Å². The van der Waals surface area contributed by atoms with Crippen molar-refractivity contribution in [3.05, 3.63) is 53.8 Å². The number of ether oxygens (including phenoxy) is 1. The molecule has 0 amide bonds. The van der Waals surface area contributed by atoms with E-state index in [2.05, 4.69) is 16.9 Å². The Bertz CT molecular complexity index is 722. The van der Waals surface area contributed by atoms with Crippen molar-refractivity contribution in [2.45, 2.75) is 20.0 Å². The molecule has 3 aromatic rings. The van der Waals surface area contributed by atoms with Crippen LogP contribution in [0.4, 0.5) is 4.39 Å².